The Hall–Kier alpha value is -2.95. The Kier molecular flexibility index (Phi) is 4.04. The van der Waals surface area contributed by atoms with Crippen LogP contribution in [0.3, 0.4) is 0 Å². The highest BCUT2D eigenvalue weighted by Gasteiger charge is 2.50. The van der Waals surface area contributed by atoms with Crippen LogP contribution in [0.1, 0.15) is 49.8 Å². The normalized spacial score (nSPS) is 25.5. The SMILES string of the molecule is CCOc1ccc(C2=NN3[C@H](C2)c2ccccc2O[C@@]32C=C(O)CCC2)cc1. The van der Waals surface area contributed by atoms with E-state index in [-0.39, 0.29) is 6.04 Å². The zero-order valence-electron chi connectivity index (χ0n) is 16.0. The molecule has 2 aromatic rings. The summed E-state index contributed by atoms with van der Waals surface area (Å²) < 4.78 is 12.0. The van der Waals surface area contributed by atoms with Gasteiger partial charge in [0.25, 0.3) is 0 Å². The maximum atomic E-state index is 10.3. The van der Waals surface area contributed by atoms with E-state index in [1.165, 1.54) is 0 Å². The fourth-order valence-electron chi connectivity index (χ4n) is 4.46. The second-order valence-electron chi connectivity index (χ2n) is 7.54. The molecule has 0 aromatic heterocycles. The standard InChI is InChI=1S/C23H24N2O3/c1-2-27-18-11-9-16(10-12-18)20-14-21-19-7-3-4-8-22(19)28-23(25(21)24-20)13-5-6-17(26)15-23/h3-4,7-12,15,21,26H,2,5-6,13-14H2,1H3/t21-,23+/m1/s1. The third-order valence-electron chi connectivity index (χ3n) is 5.72. The molecule has 5 rings (SSSR count). The molecule has 1 spiro atoms. The van der Waals surface area contributed by atoms with E-state index in [1.54, 1.807) is 0 Å². The molecule has 2 aromatic carbocycles. The molecule has 2 heterocycles. The second-order valence-corrected chi connectivity index (χ2v) is 7.54. The molecule has 1 aliphatic carbocycles. The topological polar surface area (TPSA) is 54.3 Å². The van der Waals surface area contributed by atoms with E-state index in [9.17, 15) is 5.11 Å². The van der Waals surface area contributed by atoms with Gasteiger partial charge in [0.1, 0.15) is 11.5 Å². The van der Waals surface area contributed by atoms with Gasteiger partial charge >= 0.3 is 0 Å². The van der Waals surface area contributed by atoms with Crippen molar-refractivity contribution in [2.24, 2.45) is 5.10 Å². The fourth-order valence-corrected chi connectivity index (χ4v) is 4.46. The van der Waals surface area contributed by atoms with Crippen LogP contribution in [-0.4, -0.2) is 28.2 Å². The summed E-state index contributed by atoms with van der Waals surface area (Å²) in [6.07, 6.45) is 5.04. The molecular weight excluding hydrogens is 352 g/mol. The largest absolute Gasteiger partial charge is 0.512 e. The molecular formula is C23H24N2O3. The Labute approximate surface area is 164 Å². The molecule has 2 atom stereocenters. The average Bonchev–Trinajstić information content (AvgIpc) is 3.16. The smallest absolute Gasteiger partial charge is 0.220 e. The van der Waals surface area contributed by atoms with Crippen LogP contribution < -0.4 is 9.47 Å². The number of hydrogen-bond acceptors (Lipinski definition) is 5. The Morgan fingerprint density at radius 1 is 1.21 bits per heavy atom. The van der Waals surface area contributed by atoms with E-state index in [2.05, 4.69) is 23.2 Å². The third kappa shape index (κ3) is 2.73. The highest BCUT2D eigenvalue weighted by molar-refractivity contribution is 6.02. The summed E-state index contributed by atoms with van der Waals surface area (Å²) in [6.45, 7) is 2.64. The molecule has 2 aliphatic heterocycles. The monoisotopic (exact) mass is 376 g/mol. The summed E-state index contributed by atoms with van der Waals surface area (Å²) in [5, 5.41) is 17.3. The van der Waals surface area contributed by atoms with Crippen molar-refractivity contribution in [3.8, 4) is 11.5 Å². The first kappa shape index (κ1) is 17.2. The van der Waals surface area contributed by atoms with Gasteiger partial charge in [0.15, 0.2) is 0 Å². The highest BCUT2D eigenvalue weighted by Crippen LogP contribution is 2.50. The number of ether oxygens (including phenoxy) is 2. The predicted octanol–water partition coefficient (Wildman–Crippen LogP) is 4.95. The Morgan fingerprint density at radius 2 is 2.04 bits per heavy atom. The van der Waals surface area contributed by atoms with Gasteiger partial charge in [-0.15, -0.1) is 0 Å². The quantitative estimate of drug-likeness (QED) is 0.823. The number of aliphatic hydroxyl groups is 1. The minimum atomic E-state index is -0.714. The summed E-state index contributed by atoms with van der Waals surface area (Å²) in [7, 11) is 0. The molecule has 1 N–H and O–H groups in total. The maximum Gasteiger partial charge on any atom is 0.220 e. The van der Waals surface area contributed by atoms with Gasteiger partial charge in [0.05, 0.1) is 24.1 Å². The zero-order chi connectivity index (χ0) is 19.1. The van der Waals surface area contributed by atoms with E-state index >= 15 is 0 Å². The van der Waals surface area contributed by atoms with Gasteiger partial charge in [-0.1, -0.05) is 18.2 Å². The molecule has 0 amide bonds. The summed E-state index contributed by atoms with van der Waals surface area (Å²) in [6, 6.07) is 16.4. The zero-order valence-corrected chi connectivity index (χ0v) is 16.0. The lowest BCUT2D eigenvalue weighted by atomic mass is 9.90. The molecule has 5 heteroatoms. The van der Waals surface area contributed by atoms with Crippen LogP contribution in [0.5, 0.6) is 11.5 Å². The van der Waals surface area contributed by atoms with Crippen LogP contribution in [0.25, 0.3) is 0 Å². The lowest BCUT2D eigenvalue weighted by molar-refractivity contribution is -0.0944. The Balaban J connectivity index is 1.56. The van der Waals surface area contributed by atoms with Crippen molar-refractivity contribution in [1.29, 1.82) is 0 Å². The Morgan fingerprint density at radius 3 is 2.82 bits per heavy atom. The van der Waals surface area contributed by atoms with Crippen LogP contribution in [0.4, 0.5) is 0 Å². The number of hydrazone groups is 1. The van der Waals surface area contributed by atoms with E-state index in [4.69, 9.17) is 14.6 Å². The van der Waals surface area contributed by atoms with Gasteiger partial charge in [0.2, 0.25) is 5.72 Å². The molecule has 0 bridgehead atoms. The summed E-state index contributed by atoms with van der Waals surface area (Å²) in [4.78, 5) is 0. The van der Waals surface area contributed by atoms with Gasteiger partial charge in [-0.2, -0.15) is 5.10 Å². The van der Waals surface area contributed by atoms with Gasteiger partial charge in [-0.25, -0.2) is 5.01 Å². The van der Waals surface area contributed by atoms with Crippen molar-refractivity contribution in [2.45, 2.75) is 44.4 Å². The second kappa shape index (κ2) is 6.59. The van der Waals surface area contributed by atoms with Crippen LogP contribution in [0.2, 0.25) is 0 Å². The van der Waals surface area contributed by atoms with Gasteiger partial charge in [0, 0.05) is 30.9 Å². The minimum Gasteiger partial charge on any atom is -0.512 e. The van der Waals surface area contributed by atoms with Gasteiger partial charge in [-0.3, -0.25) is 0 Å². The minimum absolute atomic E-state index is 0.105. The van der Waals surface area contributed by atoms with E-state index in [1.807, 2.05) is 43.3 Å². The van der Waals surface area contributed by atoms with Crippen LogP contribution >= 0.6 is 0 Å². The average molecular weight is 376 g/mol. The predicted molar refractivity (Wildman–Crippen MR) is 108 cm³/mol. The summed E-state index contributed by atoms with van der Waals surface area (Å²) >= 11 is 0. The lowest BCUT2D eigenvalue weighted by Crippen LogP contribution is -2.53. The number of aliphatic hydroxyl groups excluding tert-OH is 1. The van der Waals surface area contributed by atoms with Crippen molar-refractivity contribution >= 4 is 5.71 Å². The number of fused-ring (bicyclic) bond motifs is 4. The number of hydrogen-bond donors (Lipinski definition) is 1. The molecule has 144 valence electrons. The fraction of sp³-hybridized carbons (Fsp3) is 0.348. The third-order valence-corrected chi connectivity index (χ3v) is 5.72. The molecule has 3 aliphatic rings. The molecule has 0 unspecified atom stereocenters. The van der Waals surface area contributed by atoms with Crippen molar-refractivity contribution in [3.63, 3.8) is 0 Å². The molecule has 0 radical (unpaired) electrons. The molecule has 28 heavy (non-hydrogen) atoms. The highest BCUT2D eigenvalue weighted by atomic mass is 16.5. The molecule has 5 nitrogen and oxygen atoms in total. The van der Waals surface area contributed by atoms with Crippen LogP contribution in [-0.2, 0) is 0 Å². The van der Waals surface area contributed by atoms with Crippen LogP contribution in [0.15, 0.2) is 65.5 Å². The maximum absolute atomic E-state index is 10.3. The van der Waals surface area contributed by atoms with Crippen molar-refractivity contribution in [1.82, 2.24) is 5.01 Å². The van der Waals surface area contributed by atoms with Crippen molar-refractivity contribution < 1.29 is 14.6 Å². The van der Waals surface area contributed by atoms with Crippen LogP contribution in [0, 0.1) is 0 Å². The molecule has 0 saturated heterocycles. The number of nitrogens with zero attached hydrogens (tertiary/aromatic N) is 2. The molecule has 0 fully saturated rings. The first-order valence-electron chi connectivity index (χ1n) is 9.97. The Bertz CT molecular complexity index is 951. The van der Waals surface area contributed by atoms with Crippen molar-refractivity contribution in [3.05, 3.63) is 71.5 Å². The van der Waals surface area contributed by atoms with E-state index < -0.39 is 5.72 Å². The summed E-state index contributed by atoms with van der Waals surface area (Å²) in [5.74, 6) is 2.14. The van der Waals surface area contributed by atoms with Gasteiger partial charge < -0.3 is 14.6 Å². The lowest BCUT2D eigenvalue weighted by Gasteiger charge is -2.47. The number of rotatable bonds is 3. The van der Waals surface area contributed by atoms with E-state index in [0.29, 0.717) is 18.8 Å². The number of para-hydroxylation sites is 1. The number of allylic oxidation sites excluding steroid dienone is 1. The molecule has 0 saturated carbocycles. The summed E-state index contributed by atoms with van der Waals surface area (Å²) in [5.41, 5.74) is 2.56. The first-order valence-corrected chi connectivity index (χ1v) is 9.97. The first-order chi connectivity index (χ1) is 13.7. The van der Waals surface area contributed by atoms with E-state index in [0.717, 1.165) is 47.6 Å². The number of benzene rings is 2. The van der Waals surface area contributed by atoms with Gasteiger partial charge in [-0.05, 0) is 49.2 Å². The van der Waals surface area contributed by atoms with Crippen molar-refractivity contribution in [2.75, 3.05) is 6.61 Å².